The van der Waals surface area contributed by atoms with Crippen LogP contribution < -0.4 is 4.90 Å². The zero-order valence-electron chi connectivity index (χ0n) is 12.1. The molecule has 20 heavy (non-hydrogen) atoms. The second-order valence-electron chi connectivity index (χ2n) is 6.39. The van der Waals surface area contributed by atoms with E-state index in [1.165, 1.54) is 12.1 Å². The van der Waals surface area contributed by atoms with Crippen molar-refractivity contribution in [2.45, 2.75) is 33.6 Å². The molecule has 1 saturated heterocycles. The second kappa shape index (κ2) is 5.56. The van der Waals surface area contributed by atoms with E-state index in [4.69, 9.17) is 11.6 Å². The van der Waals surface area contributed by atoms with Gasteiger partial charge in [-0.05, 0) is 24.2 Å². The van der Waals surface area contributed by atoms with E-state index in [-0.39, 0.29) is 10.8 Å². The fourth-order valence-electron chi connectivity index (χ4n) is 2.71. The van der Waals surface area contributed by atoms with Gasteiger partial charge in [-0.25, -0.2) is 4.98 Å². The largest absolute Gasteiger partial charge is 0.356 e. The molecule has 1 aromatic rings. The first kappa shape index (κ1) is 15.0. The fourth-order valence-corrected chi connectivity index (χ4v) is 2.91. The molecule has 0 aromatic carbocycles. The van der Waals surface area contributed by atoms with Gasteiger partial charge in [-0.1, -0.05) is 32.4 Å². The molecule has 1 aliphatic rings. The molecular formula is C14H20ClN3O2. The Morgan fingerprint density at radius 1 is 1.35 bits per heavy atom. The van der Waals surface area contributed by atoms with Gasteiger partial charge in [-0.15, -0.1) is 0 Å². The summed E-state index contributed by atoms with van der Waals surface area (Å²) in [7, 11) is 0. The molecule has 6 heteroatoms. The van der Waals surface area contributed by atoms with E-state index in [1.807, 2.05) is 0 Å². The first-order valence-corrected chi connectivity index (χ1v) is 7.22. The molecule has 1 aromatic heterocycles. The summed E-state index contributed by atoms with van der Waals surface area (Å²) in [5.41, 5.74) is 0.304. The molecule has 0 spiro atoms. The highest BCUT2D eigenvalue weighted by Crippen LogP contribution is 2.35. The summed E-state index contributed by atoms with van der Waals surface area (Å²) in [6, 6.07) is 2.79. The summed E-state index contributed by atoms with van der Waals surface area (Å²) in [5, 5.41) is 11.0. The molecule has 1 fully saturated rings. The Kier molecular flexibility index (Phi) is 4.18. The van der Waals surface area contributed by atoms with Crippen LogP contribution in [0.15, 0.2) is 12.1 Å². The molecule has 0 amide bonds. The lowest BCUT2D eigenvalue weighted by molar-refractivity contribution is -0.384. The quantitative estimate of drug-likeness (QED) is 0.472. The minimum Gasteiger partial charge on any atom is -0.356 e. The molecule has 0 bridgehead atoms. The minimum atomic E-state index is -0.432. The summed E-state index contributed by atoms with van der Waals surface area (Å²) in [5.74, 6) is 1.28. The standard InChI is InChI=1S/C14H20ClN3O2/c1-14(2,3)10-4-6-17(7-5-10)13-9-11(18(19)20)8-12(15)16-13/h8-10H,4-7H2,1-3H3. The van der Waals surface area contributed by atoms with Gasteiger partial charge >= 0.3 is 0 Å². The van der Waals surface area contributed by atoms with Crippen LogP contribution in [0.3, 0.4) is 0 Å². The highest BCUT2D eigenvalue weighted by atomic mass is 35.5. The molecular weight excluding hydrogens is 278 g/mol. The molecule has 2 rings (SSSR count). The van der Waals surface area contributed by atoms with Crippen molar-refractivity contribution in [1.82, 2.24) is 4.98 Å². The minimum absolute atomic E-state index is 0.00190. The maximum atomic E-state index is 10.9. The molecule has 0 N–H and O–H groups in total. The molecule has 110 valence electrons. The summed E-state index contributed by atoms with van der Waals surface area (Å²) in [6.07, 6.45) is 2.15. The summed E-state index contributed by atoms with van der Waals surface area (Å²) in [6.45, 7) is 8.51. The maximum Gasteiger partial charge on any atom is 0.276 e. The highest BCUT2D eigenvalue weighted by Gasteiger charge is 2.29. The lowest BCUT2D eigenvalue weighted by atomic mass is 9.75. The zero-order valence-corrected chi connectivity index (χ0v) is 12.9. The van der Waals surface area contributed by atoms with Crippen LogP contribution in [0.25, 0.3) is 0 Å². The van der Waals surface area contributed by atoms with Crippen molar-refractivity contribution in [3.05, 3.63) is 27.4 Å². The monoisotopic (exact) mass is 297 g/mol. The average molecular weight is 298 g/mol. The predicted molar refractivity (Wildman–Crippen MR) is 80.3 cm³/mol. The number of rotatable bonds is 2. The fraction of sp³-hybridized carbons (Fsp3) is 0.643. The molecule has 0 saturated carbocycles. The van der Waals surface area contributed by atoms with Crippen molar-refractivity contribution in [3.8, 4) is 0 Å². The number of hydrogen-bond donors (Lipinski definition) is 0. The Morgan fingerprint density at radius 2 is 1.95 bits per heavy atom. The van der Waals surface area contributed by atoms with E-state index in [9.17, 15) is 10.1 Å². The molecule has 0 unspecified atom stereocenters. The Hall–Kier alpha value is -1.36. The molecule has 0 atom stereocenters. The molecule has 2 heterocycles. The summed E-state index contributed by atoms with van der Waals surface area (Å²) < 4.78 is 0. The van der Waals surface area contributed by atoms with Crippen LogP contribution in [-0.2, 0) is 0 Å². The smallest absolute Gasteiger partial charge is 0.276 e. The lowest BCUT2D eigenvalue weighted by Gasteiger charge is -2.39. The van der Waals surface area contributed by atoms with E-state index < -0.39 is 4.92 Å². The van der Waals surface area contributed by atoms with Gasteiger partial charge < -0.3 is 4.90 Å². The van der Waals surface area contributed by atoms with Crippen molar-refractivity contribution in [2.24, 2.45) is 11.3 Å². The van der Waals surface area contributed by atoms with Crippen LogP contribution in [0.1, 0.15) is 33.6 Å². The number of nitrogens with zero attached hydrogens (tertiary/aromatic N) is 3. The topological polar surface area (TPSA) is 59.3 Å². The van der Waals surface area contributed by atoms with Gasteiger partial charge in [-0.2, -0.15) is 0 Å². The van der Waals surface area contributed by atoms with Crippen LogP contribution in [0, 0.1) is 21.4 Å². The Balaban J connectivity index is 2.13. The number of nitro groups is 1. The normalized spacial score (nSPS) is 17.3. The van der Waals surface area contributed by atoms with Crippen molar-refractivity contribution in [1.29, 1.82) is 0 Å². The summed E-state index contributed by atoms with van der Waals surface area (Å²) >= 11 is 5.87. The van der Waals surface area contributed by atoms with Crippen LogP contribution >= 0.6 is 11.6 Å². The number of pyridine rings is 1. The third-order valence-electron chi connectivity index (χ3n) is 4.02. The lowest BCUT2D eigenvalue weighted by Crippen LogP contribution is -2.38. The maximum absolute atomic E-state index is 10.9. The van der Waals surface area contributed by atoms with E-state index in [0.717, 1.165) is 25.9 Å². The molecule has 0 aliphatic carbocycles. The molecule has 0 radical (unpaired) electrons. The third-order valence-corrected chi connectivity index (χ3v) is 4.21. The van der Waals surface area contributed by atoms with Crippen molar-refractivity contribution < 1.29 is 4.92 Å². The van der Waals surface area contributed by atoms with E-state index >= 15 is 0 Å². The van der Waals surface area contributed by atoms with E-state index in [1.54, 1.807) is 0 Å². The van der Waals surface area contributed by atoms with Gasteiger partial charge in [0.1, 0.15) is 11.0 Å². The van der Waals surface area contributed by atoms with E-state index in [2.05, 4.69) is 30.7 Å². The number of halogens is 1. The van der Waals surface area contributed by atoms with Gasteiger partial charge in [0, 0.05) is 13.1 Å². The Bertz CT molecular complexity index is 506. The first-order chi connectivity index (χ1) is 9.27. The Morgan fingerprint density at radius 3 is 2.45 bits per heavy atom. The van der Waals surface area contributed by atoms with E-state index in [0.29, 0.717) is 17.2 Å². The molecule has 1 aliphatic heterocycles. The summed E-state index contributed by atoms with van der Waals surface area (Å²) in [4.78, 5) is 16.7. The number of hydrogen-bond acceptors (Lipinski definition) is 4. The van der Waals surface area contributed by atoms with Crippen LogP contribution in [0.2, 0.25) is 5.15 Å². The van der Waals surface area contributed by atoms with Crippen LogP contribution in [0.5, 0.6) is 0 Å². The van der Waals surface area contributed by atoms with Gasteiger partial charge in [0.25, 0.3) is 5.69 Å². The first-order valence-electron chi connectivity index (χ1n) is 6.84. The van der Waals surface area contributed by atoms with Gasteiger partial charge in [0.2, 0.25) is 0 Å². The van der Waals surface area contributed by atoms with Crippen molar-refractivity contribution in [3.63, 3.8) is 0 Å². The van der Waals surface area contributed by atoms with Crippen molar-refractivity contribution in [2.75, 3.05) is 18.0 Å². The highest BCUT2D eigenvalue weighted by molar-refractivity contribution is 6.29. The van der Waals surface area contributed by atoms with Crippen LogP contribution in [-0.4, -0.2) is 23.0 Å². The van der Waals surface area contributed by atoms with Gasteiger partial charge in [0.15, 0.2) is 0 Å². The zero-order chi connectivity index (χ0) is 14.9. The average Bonchev–Trinajstić information content (AvgIpc) is 2.37. The SMILES string of the molecule is CC(C)(C)C1CCN(c2cc([N+](=O)[O-])cc(Cl)n2)CC1. The van der Waals surface area contributed by atoms with Gasteiger partial charge in [-0.3, -0.25) is 10.1 Å². The molecule has 5 nitrogen and oxygen atoms in total. The van der Waals surface area contributed by atoms with Crippen LogP contribution in [0.4, 0.5) is 11.5 Å². The predicted octanol–water partition coefficient (Wildman–Crippen LogP) is 3.91. The number of anilines is 1. The van der Waals surface area contributed by atoms with Gasteiger partial charge in [0.05, 0.1) is 17.1 Å². The third kappa shape index (κ3) is 3.39. The Labute approximate surface area is 124 Å². The second-order valence-corrected chi connectivity index (χ2v) is 6.78. The number of piperidine rings is 1. The number of aromatic nitrogens is 1. The van der Waals surface area contributed by atoms with Crippen molar-refractivity contribution >= 4 is 23.1 Å².